The van der Waals surface area contributed by atoms with E-state index in [1.54, 1.807) is 6.92 Å². The van der Waals surface area contributed by atoms with E-state index < -0.39 is 6.10 Å². The van der Waals surface area contributed by atoms with Crippen molar-refractivity contribution in [2.75, 3.05) is 6.61 Å². The van der Waals surface area contributed by atoms with Gasteiger partial charge in [0.05, 0.1) is 19.1 Å². The van der Waals surface area contributed by atoms with Gasteiger partial charge in [-0.05, 0) is 43.2 Å². The van der Waals surface area contributed by atoms with Crippen LogP contribution in [0.4, 0.5) is 0 Å². The van der Waals surface area contributed by atoms with E-state index in [2.05, 4.69) is 24.3 Å². The number of carbonyl (C=O) groups excluding carboxylic acids is 1. The highest BCUT2D eigenvalue weighted by molar-refractivity contribution is 5.69. The maximum absolute atomic E-state index is 11.3. The second-order valence-corrected chi connectivity index (χ2v) is 5.94. The summed E-state index contributed by atoms with van der Waals surface area (Å²) in [6.45, 7) is 2.13. The van der Waals surface area contributed by atoms with Crippen LogP contribution in [0.5, 0.6) is 0 Å². The van der Waals surface area contributed by atoms with Crippen LogP contribution in [0.3, 0.4) is 0 Å². The summed E-state index contributed by atoms with van der Waals surface area (Å²) < 4.78 is 4.85. The summed E-state index contributed by atoms with van der Waals surface area (Å²) in [6.07, 6.45) is 6.55. The van der Waals surface area contributed by atoms with Gasteiger partial charge in [0.2, 0.25) is 0 Å². The highest BCUT2D eigenvalue weighted by Crippen LogP contribution is 2.32. The maximum atomic E-state index is 11.3. The normalized spacial score (nSPS) is 17.4. The first-order valence-corrected chi connectivity index (χ1v) is 8.11. The Morgan fingerprint density at radius 1 is 1.24 bits per heavy atom. The summed E-state index contributed by atoms with van der Waals surface area (Å²) in [4.78, 5) is 11.3. The van der Waals surface area contributed by atoms with Gasteiger partial charge >= 0.3 is 5.97 Å². The van der Waals surface area contributed by atoms with Crippen LogP contribution in [-0.2, 0) is 16.0 Å². The first-order valence-electron chi connectivity index (χ1n) is 8.11. The SMILES string of the molecule is CCOC(=O)C[C@H](O)Cc1ccc(C2CCCCC2)cc1. The highest BCUT2D eigenvalue weighted by Gasteiger charge is 2.16. The highest BCUT2D eigenvalue weighted by atomic mass is 16.5. The van der Waals surface area contributed by atoms with Gasteiger partial charge in [0.15, 0.2) is 0 Å². The molecule has 21 heavy (non-hydrogen) atoms. The fraction of sp³-hybridized carbons (Fsp3) is 0.611. The zero-order valence-electron chi connectivity index (χ0n) is 12.9. The van der Waals surface area contributed by atoms with Gasteiger partial charge in [0, 0.05) is 0 Å². The van der Waals surface area contributed by atoms with Gasteiger partial charge in [-0.1, -0.05) is 43.5 Å². The Kier molecular flexibility index (Phi) is 6.24. The van der Waals surface area contributed by atoms with Crippen molar-refractivity contribution in [2.24, 2.45) is 0 Å². The Hall–Kier alpha value is -1.35. The molecule has 0 aromatic heterocycles. The van der Waals surface area contributed by atoms with E-state index in [9.17, 15) is 9.90 Å². The van der Waals surface area contributed by atoms with E-state index in [-0.39, 0.29) is 12.4 Å². The lowest BCUT2D eigenvalue weighted by Crippen LogP contribution is -2.18. The fourth-order valence-electron chi connectivity index (χ4n) is 3.12. The molecule has 1 atom stereocenters. The lowest BCUT2D eigenvalue weighted by Gasteiger charge is -2.22. The maximum Gasteiger partial charge on any atom is 0.308 e. The van der Waals surface area contributed by atoms with Crippen molar-refractivity contribution in [1.29, 1.82) is 0 Å². The zero-order chi connectivity index (χ0) is 15.1. The van der Waals surface area contributed by atoms with Crippen molar-refractivity contribution in [3.05, 3.63) is 35.4 Å². The molecule has 0 saturated heterocycles. The van der Waals surface area contributed by atoms with Gasteiger partial charge in [0.25, 0.3) is 0 Å². The molecule has 0 heterocycles. The van der Waals surface area contributed by atoms with Crippen molar-refractivity contribution in [3.63, 3.8) is 0 Å². The second-order valence-electron chi connectivity index (χ2n) is 5.94. The Labute approximate surface area is 127 Å². The molecular weight excluding hydrogens is 264 g/mol. The van der Waals surface area contributed by atoms with Gasteiger partial charge < -0.3 is 9.84 Å². The van der Waals surface area contributed by atoms with Crippen LogP contribution in [-0.4, -0.2) is 23.8 Å². The van der Waals surface area contributed by atoms with Crippen molar-refractivity contribution >= 4 is 5.97 Å². The summed E-state index contributed by atoms with van der Waals surface area (Å²) in [5.74, 6) is 0.376. The van der Waals surface area contributed by atoms with Gasteiger partial charge in [-0.15, -0.1) is 0 Å². The molecule has 0 amide bonds. The third-order valence-corrected chi connectivity index (χ3v) is 4.24. The predicted molar refractivity (Wildman–Crippen MR) is 83.2 cm³/mol. The van der Waals surface area contributed by atoms with Gasteiger partial charge in [0.1, 0.15) is 0 Å². The molecule has 0 unspecified atom stereocenters. The lowest BCUT2D eigenvalue weighted by atomic mass is 9.84. The van der Waals surface area contributed by atoms with E-state index in [4.69, 9.17) is 4.74 Å². The van der Waals surface area contributed by atoms with Crippen molar-refractivity contribution in [1.82, 2.24) is 0 Å². The molecule has 1 aliphatic rings. The minimum Gasteiger partial charge on any atom is -0.466 e. The molecule has 1 saturated carbocycles. The van der Waals surface area contributed by atoms with Gasteiger partial charge in [-0.25, -0.2) is 0 Å². The number of ether oxygens (including phenoxy) is 1. The number of esters is 1. The molecule has 1 aliphatic carbocycles. The van der Waals surface area contributed by atoms with Crippen molar-refractivity contribution in [2.45, 2.75) is 63.9 Å². The van der Waals surface area contributed by atoms with E-state index >= 15 is 0 Å². The quantitative estimate of drug-likeness (QED) is 0.814. The van der Waals surface area contributed by atoms with E-state index in [1.165, 1.54) is 37.7 Å². The fourth-order valence-corrected chi connectivity index (χ4v) is 3.12. The third kappa shape index (κ3) is 5.16. The number of benzene rings is 1. The van der Waals surface area contributed by atoms with Crippen LogP contribution < -0.4 is 0 Å². The molecule has 0 spiro atoms. The lowest BCUT2D eigenvalue weighted by molar-refractivity contribution is -0.145. The molecule has 0 bridgehead atoms. The van der Waals surface area contributed by atoms with Crippen LogP contribution in [0.1, 0.15) is 62.5 Å². The Balaban J connectivity index is 1.85. The first-order chi connectivity index (χ1) is 10.2. The molecular formula is C18H26O3. The molecule has 1 fully saturated rings. The monoisotopic (exact) mass is 290 g/mol. The average Bonchev–Trinajstić information content (AvgIpc) is 2.49. The number of carbonyl (C=O) groups is 1. The van der Waals surface area contributed by atoms with Crippen molar-refractivity contribution < 1.29 is 14.6 Å². The molecule has 0 aliphatic heterocycles. The third-order valence-electron chi connectivity index (χ3n) is 4.24. The predicted octanol–water partition coefficient (Wildman–Crippen LogP) is 3.59. The first kappa shape index (κ1) is 16.0. The molecule has 3 nitrogen and oxygen atoms in total. The summed E-state index contributed by atoms with van der Waals surface area (Å²) in [5, 5.41) is 9.92. The van der Waals surface area contributed by atoms with E-state index in [0.29, 0.717) is 18.9 Å². The standard InChI is InChI=1S/C18H26O3/c1-2-21-18(20)13-17(19)12-14-8-10-16(11-9-14)15-6-4-3-5-7-15/h8-11,15,17,19H,2-7,12-13H2,1H3/t17-/m1/s1. The topological polar surface area (TPSA) is 46.5 Å². The Morgan fingerprint density at radius 2 is 1.90 bits per heavy atom. The molecule has 116 valence electrons. The number of aliphatic hydroxyl groups is 1. The van der Waals surface area contributed by atoms with Crippen LogP contribution in [0.15, 0.2) is 24.3 Å². The number of hydrogen-bond acceptors (Lipinski definition) is 3. The van der Waals surface area contributed by atoms with E-state index in [0.717, 1.165) is 5.56 Å². The molecule has 1 N–H and O–H groups in total. The smallest absolute Gasteiger partial charge is 0.308 e. The average molecular weight is 290 g/mol. The summed E-state index contributed by atoms with van der Waals surface area (Å²) in [7, 11) is 0. The zero-order valence-corrected chi connectivity index (χ0v) is 12.9. The Bertz CT molecular complexity index is 432. The number of aliphatic hydroxyl groups excluding tert-OH is 1. The van der Waals surface area contributed by atoms with Gasteiger partial charge in [-0.3, -0.25) is 4.79 Å². The summed E-state index contributed by atoms with van der Waals surface area (Å²) in [6, 6.07) is 8.53. The van der Waals surface area contributed by atoms with Crippen LogP contribution in [0.2, 0.25) is 0 Å². The largest absolute Gasteiger partial charge is 0.466 e. The van der Waals surface area contributed by atoms with Crippen LogP contribution in [0, 0.1) is 0 Å². The van der Waals surface area contributed by atoms with Crippen molar-refractivity contribution in [3.8, 4) is 0 Å². The molecule has 1 aromatic rings. The molecule has 3 heteroatoms. The molecule has 2 rings (SSSR count). The summed E-state index contributed by atoms with van der Waals surface area (Å²) >= 11 is 0. The van der Waals surface area contributed by atoms with E-state index in [1.807, 2.05) is 0 Å². The van der Waals surface area contributed by atoms with Gasteiger partial charge in [-0.2, -0.15) is 0 Å². The minimum atomic E-state index is -0.662. The second kappa shape index (κ2) is 8.18. The number of rotatable bonds is 6. The molecule has 1 aromatic carbocycles. The number of hydrogen-bond donors (Lipinski definition) is 1. The van der Waals surface area contributed by atoms with Crippen LogP contribution >= 0.6 is 0 Å². The summed E-state index contributed by atoms with van der Waals surface area (Å²) in [5.41, 5.74) is 2.49. The molecule has 0 radical (unpaired) electrons. The Morgan fingerprint density at radius 3 is 2.52 bits per heavy atom. The minimum absolute atomic E-state index is 0.0677. The van der Waals surface area contributed by atoms with Crippen LogP contribution in [0.25, 0.3) is 0 Å².